The lowest BCUT2D eigenvalue weighted by Gasteiger charge is -2.22. The molecule has 1 aliphatic rings. The fraction of sp³-hybridized carbons (Fsp3) is 0.0588. The Balaban J connectivity index is 1.03. The first kappa shape index (κ1) is 30.8. The molecule has 11 rings (SSSR count). The van der Waals surface area contributed by atoms with Crippen molar-refractivity contribution in [3.8, 4) is 56.2 Å². The van der Waals surface area contributed by atoms with Crippen LogP contribution >= 0.6 is 0 Å². The Morgan fingerprint density at radius 1 is 0.426 bits per heavy atom. The number of furan rings is 1. The standard InChI is InChI=1S/C51H34N2O/c1-51(2)42-18-10-17-39(48(42)41-27-35-14-6-7-15-36(35)28-43(41)51)45-30-44(52-50(53-45)34-12-4-3-5-13-34)33-21-19-31(20-22-33)37-23-25-40-47(29-37)54-46-26-24-32-11-8-9-16-38(32)49(40)46/h3-30H,1-2H3. The van der Waals surface area contributed by atoms with Gasteiger partial charge in [-0.1, -0.05) is 147 Å². The second kappa shape index (κ2) is 11.6. The summed E-state index contributed by atoms with van der Waals surface area (Å²) in [5, 5.41) is 7.25. The maximum atomic E-state index is 6.40. The molecular weight excluding hydrogens is 657 g/mol. The third kappa shape index (κ3) is 4.68. The fourth-order valence-corrected chi connectivity index (χ4v) is 8.69. The van der Waals surface area contributed by atoms with Crippen LogP contribution in [0.4, 0.5) is 0 Å². The van der Waals surface area contributed by atoms with Gasteiger partial charge >= 0.3 is 0 Å². The number of hydrogen-bond acceptors (Lipinski definition) is 3. The SMILES string of the molecule is CC1(C)c2cc3ccccc3cc2-c2c(-c3cc(-c4ccc(-c5ccc6c(c5)oc5ccc7ccccc7c56)cc4)nc(-c4ccccc4)n3)cccc21. The molecule has 8 aromatic carbocycles. The highest BCUT2D eigenvalue weighted by atomic mass is 16.3. The summed E-state index contributed by atoms with van der Waals surface area (Å²) in [5.41, 5.74) is 14.1. The van der Waals surface area contributed by atoms with E-state index in [0.717, 1.165) is 55.8 Å². The molecule has 0 bridgehead atoms. The predicted octanol–water partition coefficient (Wildman–Crippen LogP) is 13.7. The van der Waals surface area contributed by atoms with E-state index < -0.39 is 0 Å². The molecule has 0 saturated carbocycles. The van der Waals surface area contributed by atoms with Crippen LogP contribution in [0.3, 0.4) is 0 Å². The van der Waals surface area contributed by atoms with Crippen molar-refractivity contribution in [3.63, 3.8) is 0 Å². The zero-order chi connectivity index (χ0) is 36.0. The molecule has 54 heavy (non-hydrogen) atoms. The molecule has 254 valence electrons. The Bertz CT molecular complexity index is 3120. The number of hydrogen-bond donors (Lipinski definition) is 0. The molecule has 3 heteroatoms. The largest absolute Gasteiger partial charge is 0.456 e. The Hall–Kier alpha value is -6.84. The molecule has 0 aliphatic heterocycles. The fourth-order valence-electron chi connectivity index (χ4n) is 8.69. The number of benzene rings is 8. The van der Waals surface area contributed by atoms with Crippen LogP contribution < -0.4 is 0 Å². The lowest BCUT2D eigenvalue weighted by molar-refractivity contribution is 0.661. The molecule has 0 radical (unpaired) electrons. The molecular formula is C51H34N2O. The Morgan fingerprint density at radius 3 is 1.96 bits per heavy atom. The van der Waals surface area contributed by atoms with Crippen LogP contribution in [-0.4, -0.2) is 9.97 Å². The highest BCUT2D eigenvalue weighted by molar-refractivity contribution is 6.19. The van der Waals surface area contributed by atoms with E-state index in [0.29, 0.717) is 5.82 Å². The molecule has 2 heterocycles. The normalized spacial score (nSPS) is 13.1. The van der Waals surface area contributed by atoms with Gasteiger partial charge < -0.3 is 4.42 Å². The van der Waals surface area contributed by atoms with Gasteiger partial charge in [0.15, 0.2) is 5.82 Å². The molecule has 0 atom stereocenters. The molecule has 0 spiro atoms. The molecule has 3 nitrogen and oxygen atoms in total. The van der Waals surface area contributed by atoms with Crippen LogP contribution in [0.15, 0.2) is 174 Å². The van der Waals surface area contributed by atoms with Gasteiger partial charge in [0.2, 0.25) is 0 Å². The maximum Gasteiger partial charge on any atom is 0.160 e. The van der Waals surface area contributed by atoms with Crippen LogP contribution in [0, 0.1) is 0 Å². The van der Waals surface area contributed by atoms with Gasteiger partial charge in [-0.15, -0.1) is 0 Å². The summed E-state index contributed by atoms with van der Waals surface area (Å²) in [4.78, 5) is 10.4. The van der Waals surface area contributed by atoms with E-state index in [1.165, 1.54) is 49.2 Å². The summed E-state index contributed by atoms with van der Waals surface area (Å²) >= 11 is 0. The summed E-state index contributed by atoms with van der Waals surface area (Å²) in [6, 6.07) is 60.5. The smallest absolute Gasteiger partial charge is 0.160 e. The topological polar surface area (TPSA) is 38.9 Å². The number of fused-ring (bicyclic) bond motifs is 9. The van der Waals surface area contributed by atoms with E-state index in [4.69, 9.17) is 14.4 Å². The van der Waals surface area contributed by atoms with Crippen LogP contribution in [0.5, 0.6) is 0 Å². The summed E-state index contributed by atoms with van der Waals surface area (Å²) in [6.07, 6.45) is 0. The van der Waals surface area contributed by atoms with Crippen molar-refractivity contribution < 1.29 is 4.42 Å². The number of rotatable bonds is 4. The summed E-state index contributed by atoms with van der Waals surface area (Å²) in [6.45, 7) is 4.68. The molecule has 10 aromatic rings. The lowest BCUT2D eigenvalue weighted by atomic mass is 9.81. The van der Waals surface area contributed by atoms with Gasteiger partial charge in [0, 0.05) is 32.9 Å². The highest BCUT2D eigenvalue weighted by Crippen LogP contribution is 2.53. The van der Waals surface area contributed by atoms with E-state index >= 15 is 0 Å². The van der Waals surface area contributed by atoms with Gasteiger partial charge in [-0.2, -0.15) is 0 Å². The molecule has 1 aliphatic carbocycles. The van der Waals surface area contributed by atoms with Gasteiger partial charge in [0.05, 0.1) is 11.4 Å². The van der Waals surface area contributed by atoms with E-state index in [9.17, 15) is 0 Å². The maximum absolute atomic E-state index is 6.40. The lowest BCUT2D eigenvalue weighted by Crippen LogP contribution is -2.14. The molecule has 0 fully saturated rings. The first-order valence-corrected chi connectivity index (χ1v) is 18.6. The van der Waals surface area contributed by atoms with Crippen molar-refractivity contribution in [2.45, 2.75) is 19.3 Å². The van der Waals surface area contributed by atoms with Gasteiger partial charge in [0.1, 0.15) is 11.2 Å². The Labute approximate surface area is 313 Å². The molecule has 0 amide bonds. The third-order valence-corrected chi connectivity index (χ3v) is 11.5. The first-order chi connectivity index (χ1) is 26.5. The van der Waals surface area contributed by atoms with Crippen molar-refractivity contribution in [1.29, 1.82) is 0 Å². The van der Waals surface area contributed by atoms with Crippen LogP contribution in [0.2, 0.25) is 0 Å². The quantitative estimate of drug-likeness (QED) is 0.184. The third-order valence-electron chi connectivity index (χ3n) is 11.5. The zero-order valence-corrected chi connectivity index (χ0v) is 30.0. The minimum absolute atomic E-state index is 0.141. The summed E-state index contributed by atoms with van der Waals surface area (Å²) in [7, 11) is 0. The van der Waals surface area contributed by atoms with Crippen LogP contribution in [0.1, 0.15) is 25.0 Å². The summed E-state index contributed by atoms with van der Waals surface area (Å²) in [5.74, 6) is 0.712. The minimum Gasteiger partial charge on any atom is -0.456 e. The van der Waals surface area contributed by atoms with Crippen molar-refractivity contribution in [2.75, 3.05) is 0 Å². The number of nitrogens with zero attached hydrogens (tertiary/aromatic N) is 2. The van der Waals surface area contributed by atoms with Gasteiger partial charge in [-0.3, -0.25) is 0 Å². The minimum atomic E-state index is -0.141. The van der Waals surface area contributed by atoms with Crippen LogP contribution in [0.25, 0.3) is 99.6 Å². The van der Waals surface area contributed by atoms with Gasteiger partial charge in [0.25, 0.3) is 0 Å². The van der Waals surface area contributed by atoms with Crippen molar-refractivity contribution >= 4 is 43.5 Å². The van der Waals surface area contributed by atoms with E-state index in [1.807, 2.05) is 18.2 Å². The molecule has 0 unspecified atom stereocenters. The van der Waals surface area contributed by atoms with E-state index in [-0.39, 0.29) is 5.41 Å². The van der Waals surface area contributed by atoms with E-state index in [1.54, 1.807) is 0 Å². The van der Waals surface area contributed by atoms with Gasteiger partial charge in [-0.25, -0.2) is 9.97 Å². The van der Waals surface area contributed by atoms with Crippen molar-refractivity contribution in [2.24, 2.45) is 0 Å². The molecule has 2 aromatic heterocycles. The second-order valence-corrected chi connectivity index (χ2v) is 15.0. The van der Waals surface area contributed by atoms with Crippen molar-refractivity contribution in [3.05, 3.63) is 181 Å². The average Bonchev–Trinajstić information content (AvgIpc) is 3.71. The average molecular weight is 691 g/mol. The monoisotopic (exact) mass is 690 g/mol. The molecule has 0 saturated heterocycles. The van der Waals surface area contributed by atoms with E-state index in [2.05, 4.69) is 166 Å². The second-order valence-electron chi connectivity index (χ2n) is 15.0. The Kier molecular flexibility index (Phi) is 6.60. The van der Waals surface area contributed by atoms with Crippen LogP contribution in [-0.2, 0) is 5.41 Å². The van der Waals surface area contributed by atoms with Gasteiger partial charge in [-0.05, 0) is 91.3 Å². The van der Waals surface area contributed by atoms with Crippen molar-refractivity contribution in [1.82, 2.24) is 9.97 Å². The zero-order valence-electron chi connectivity index (χ0n) is 30.0. The molecule has 0 N–H and O–H groups in total. The number of aromatic nitrogens is 2. The summed E-state index contributed by atoms with van der Waals surface area (Å²) < 4.78 is 6.40. The predicted molar refractivity (Wildman–Crippen MR) is 224 cm³/mol. The Morgan fingerprint density at radius 2 is 1.13 bits per heavy atom. The first-order valence-electron chi connectivity index (χ1n) is 18.6. The highest BCUT2D eigenvalue weighted by Gasteiger charge is 2.37.